The monoisotopic (exact) mass is 488 g/mol. The van der Waals surface area contributed by atoms with Crippen LogP contribution in [-0.2, 0) is 6.42 Å². The molecule has 1 aromatic rings. The molecule has 0 heteroatoms. The molecule has 0 heterocycles. The third-order valence-electron chi connectivity index (χ3n) is 10.0. The maximum Gasteiger partial charge on any atom is -0.00531 e. The van der Waals surface area contributed by atoms with Gasteiger partial charge in [0.1, 0.15) is 0 Å². The van der Waals surface area contributed by atoms with Crippen molar-refractivity contribution < 1.29 is 0 Å². The third kappa shape index (κ3) is 8.92. The number of hydrogen-bond donors (Lipinski definition) is 0. The van der Waals surface area contributed by atoms with Gasteiger partial charge in [-0.1, -0.05) is 94.5 Å². The lowest BCUT2D eigenvalue weighted by molar-refractivity contribution is 0.295. The second-order valence-corrected chi connectivity index (χ2v) is 12.8. The number of benzene rings is 1. The van der Waals surface area contributed by atoms with Crippen molar-refractivity contribution in [2.24, 2.45) is 29.6 Å². The molecule has 0 spiro atoms. The molecule has 2 saturated carbocycles. The van der Waals surface area contributed by atoms with E-state index in [1.165, 1.54) is 116 Å². The van der Waals surface area contributed by atoms with Crippen molar-refractivity contribution in [3.8, 4) is 0 Å². The van der Waals surface area contributed by atoms with Gasteiger partial charge in [-0.2, -0.15) is 0 Å². The van der Waals surface area contributed by atoms with Crippen LogP contribution in [0.4, 0.5) is 0 Å². The molecule has 0 N–H and O–H groups in total. The van der Waals surface area contributed by atoms with Crippen LogP contribution in [0.5, 0.6) is 0 Å². The predicted octanol–water partition coefficient (Wildman–Crippen LogP) is 11.2. The number of allylic oxidation sites excluding steroid dienone is 4. The SMILES string of the molecule is CCCCCC1CCC(c2ccc(CCC3CCC(C=CC4C=CC(CCC)CC4)CC3)cc2)CC1. The van der Waals surface area contributed by atoms with Gasteiger partial charge in [-0.25, -0.2) is 0 Å². The average Bonchev–Trinajstić information content (AvgIpc) is 2.93. The first-order chi connectivity index (χ1) is 17.7. The fourth-order valence-electron chi connectivity index (χ4n) is 7.43. The smallest absolute Gasteiger partial charge is 0.00531 e. The average molecular weight is 489 g/mol. The fourth-order valence-corrected chi connectivity index (χ4v) is 7.43. The minimum absolute atomic E-state index is 0.708. The molecule has 0 bridgehead atoms. The molecule has 36 heavy (non-hydrogen) atoms. The molecule has 0 saturated heterocycles. The maximum absolute atomic E-state index is 2.59. The first kappa shape index (κ1) is 27.7. The van der Waals surface area contributed by atoms with Gasteiger partial charge in [-0.3, -0.25) is 0 Å². The molecule has 2 atom stereocenters. The zero-order chi connectivity index (χ0) is 25.0. The number of hydrogen-bond acceptors (Lipinski definition) is 0. The molecule has 2 fully saturated rings. The molecular formula is C36H56. The van der Waals surface area contributed by atoms with E-state index in [-0.39, 0.29) is 0 Å². The topological polar surface area (TPSA) is 0 Å². The Morgan fingerprint density at radius 3 is 2.03 bits per heavy atom. The summed E-state index contributed by atoms with van der Waals surface area (Å²) in [6.07, 6.45) is 35.5. The molecule has 0 aliphatic heterocycles. The summed E-state index contributed by atoms with van der Waals surface area (Å²) >= 11 is 0. The van der Waals surface area contributed by atoms with E-state index in [4.69, 9.17) is 0 Å². The lowest BCUT2D eigenvalue weighted by Crippen LogP contribution is -2.14. The lowest BCUT2D eigenvalue weighted by atomic mass is 9.76. The van der Waals surface area contributed by atoms with E-state index in [9.17, 15) is 0 Å². The Hall–Kier alpha value is -1.30. The van der Waals surface area contributed by atoms with Gasteiger partial charge >= 0.3 is 0 Å². The van der Waals surface area contributed by atoms with E-state index in [1.807, 2.05) is 0 Å². The van der Waals surface area contributed by atoms with Crippen LogP contribution in [0.15, 0.2) is 48.6 Å². The van der Waals surface area contributed by atoms with Crippen LogP contribution in [0.1, 0.15) is 140 Å². The first-order valence-electron chi connectivity index (χ1n) is 16.2. The quantitative estimate of drug-likeness (QED) is 0.203. The minimum Gasteiger partial charge on any atom is -0.0848 e. The molecule has 200 valence electrons. The van der Waals surface area contributed by atoms with Gasteiger partial charge < -0.3 is 0 Å². The number of rotatable bonds is 12. The second kappa shape index (κ2) is 15.2. The predicted molar refractivity (Wildman–Crippen MR) is 158 cm³/mol. The van der Waals surface area contributed by atoms with Crippen LogP contribution in [0.25, 0.3) is 0 Å². The highest BCUT2D eigenvalue weighted by atomic mass is 14.3. The van der Waals surface area contributed by atoms with Gasteiger partial charge in [0.15, 0.2) is 0 Å². The maximum atomic E-state index is 2.59. The second-order valence-electron chi connectivity index (χ2n) is 12.8. The summed E-state index contributed by atoms with van der Waals surface area (Å²) in [5.41, 5.74) is 3.19. The van der Waals surface area contributed by atoms with Gasteiger partial charge in [0.25, 0.3) is 0 Å². The molecular weight excluding hydrogens is 432 g/mol. The number of unbranched alkanes of at least 4 members (excludes halogenated alkanes) is 2. The van der Waals surface area contributed by atoms with Gasteiger partial charge in [0, 0.05) is 0 Å². The highest BCUT2D eigenvalue weighted by Gasteiger charge is 2.23. The number of aryl methyl sites for hydroxylation is 1. The Morgan fingerprint density at radius 2 is 1.36 bits per heavy atom. The Bertz CT molecular complexity index is 767. The summed E-state index contributed by atoms with van der Waals surface area (Å²) in [4.78, 5) is 0. The van der Waals surface area contributed by atoms with Crippen LogP contribution >= 0.6 is 0 Å². The molecule has 0 amide bonds. The highest BCUT2D eigenvalue weighted by Crippen LogP contribution is 2.38. The van der Waals surface area contributed by atoms with Crippen molar-refractivity contribution in [2.45, 2.75) is 135 Å². The van der Waals surface area contributed by atoms with Crippen LogP contribution in [0.3, 0.4) is 0 Å². The van der Waals surface area contributed by atoms with Gasteiger partial charge in [0.2, 0.25) is 0 Å². The Labute approximate surface area is 224 Å². The molecule has 4 rings (SSSR count). The molecule has 3 aliphatic rings. The molecule has 2 unspecified atom stereocenters. The minimum atomic E-state index is 0.708. The summed E-state index contributed by atoms with van der Waals surface area (Å²) in [7, 11) is 0. The van der Waals surface area contributed by atoms with Crippen molar-refractivity contribution >= 4 is 0 Å². The summed E-state index contributed by atoms with van der Waals surface area (Å²) in [5, 5.41) is 0. The van der Waals surface area contributed by atoms with Crippen LogP contribution in [0.2, 0.25) is 0 Å². The third-order valence-corrected chi connectivity index (χ3v) is 10.0. The summed E-state index contributed by atoms with van der Waals surface area (Å²) in [6.45, 7) is 4.63. The van der Waals surface area contributed by atoms with Crippen molar-refractivity contribution in [1.29, 1.82) is 0 Å². The van der Waals surface area contributed by atoms with Gasteiger partial charge in [-0.05, 0) is 130 Å². The highest BCUT2D eigenvalue weighted by molar-refractivity contribution is 5.26. The van der Waals surface area contributed by atoms with E-state index in [1.54, 1.807) is 11.1 Å². The van der Waals surface area contributed by atoms with E-state index < -0.39 is 0 Å². The van der Waals surface area contributed by atoms with Gasteiger partial charge in [0.05, 0.1) is 0 Å². The molecule has 0 radical (unpaired) electrons. The van der Waals surface area contributed by atoms with Crippen molar-refractivity contribution in [3.63, 3.8) is 0 Å². The zero-order valence-electron chi connectivity index (χ0n) is 23.8. The molecule has 1 aromatic carbocycles. The molecule has 0 nitrogen and oxygen atoms in total. The fraction of sp³-hybridized carbons (Fsp3) is 0.722. The summed E-state index contributed by atoms with van der Waals surface area (Å²) in [5.74, 6) is 5.18. The lowest BCUT2D eigenvalue weighted by Gasteiger charge is -2.29. The standard InChI is InChI=1S/C36H56/c1-3-5-6-8-30-21-25-35(26-22-30)36-27-23-34(24-28-36)20-19-33-17-15-32(16-18-33)14-13-31-11-9-29(7-4-2)10-12-31/h9,11,13-14,23-24,27-33,35H,3-8,10,12,15-22,25-26H2,1-2H3. The first-order valence-corrected chi connectivity index (χ1v) is 16.2. The van der Waals surface area contributed by atoms with E-state index in [2.05, 4.69) is 62.4 Å². The zero-order valence-corrected chi connectivity index (χ0v) is 23.8. The van der Waals surface area contributed by atoms with Crippen molar-refractivity contribution in [1.82, 2.24) is 0 Å². The largest absolute Gasteiger partial charge is 0.0848 e. The van der Waals surface area contributed by atoms with E-state index in [0.29, 0.717) is 5.92 Å². The van der Waals surface area contributed by atoms with Crippen molar-refractivity contribution in [3.05, 3.63) is 59.7 Å². The van der Waals surface area contributed by atoms with Gasteiger partial charge in [-0.15, -0.1) is 0 Å². The molecule has 3 aliphatic carbocycles. The normalized spacial score (nSPS) is 31.2. The Morgan fingerprint density at radius 1 is 0.639 bits per heavy atom. The summed E-state index contributed by atoms with van der Waals surface area (Å²) < 4.78 is 0. The molecule has 0 aromatic heterocycles. The van der Waals surface area contributed by atoms with E-state index >= 15 is 0 Å². The van der Waals surface area contributed by atoms with E-state index in [0.717, 1.165) is 29.6 Å². The van der Waals surface area contributed by atoms with Crippen LogP contribution in [-0.4, -0.2) is 0 Å². The van der Waals surface area contributed by atoms with Crippen LogP contribution < -0.4 is 0 Å². The Balaban J connectivity index is 1.11. The van der Waals surface area contributed by atoms with Crippen LogP contribution in [0, 0.1) is 29.6 Å². The summed E-state index contributed by atoms with van der Waals surface area (Å²) in [6, 6.07) is 9.87. The van der Waals surface area contributed by atoms with Crippen molar-refractivity contribution in [2.75, 3.05) is 0 Å². The Kier molecular flexibility index (Phi) is 11.7.